The molecule has 3 N–H and O–H groups in total. The Morgan fingerprint density at radius 1 is 1.27 bits per heavy atom. The molecule has 0 aliphatic carbocycles. The Kier molecular flexibility index (Phi) is 3.71. The summed E-state index contributed by atoms with van der Waals surface area (Å²) in [6.07, 6.45) is -5.40. The largest absolute Gasteiger partial charge is 0.416 e. The average Bonchev–Trinajstić information content (AvgIpc) is 2.17. The van der Waals surface area contributed by atoms with Crippen molar-refractivity contribution < 1.29 is 18.3 Å². The minimum absolute atomic E-state index is 0.0494. The van der Waals surface area contributed by atoms with Crippen molar-refractivity contribution in [3.05, 3.63) is 35.4 Å². The number of nitrogens with two attached hydrogens (primary N) is 1. The minimum atomic E-state index is -4.38. The van der Waals surface area contributed by atoms with Crippen LogP contribution in [0.1, 0.15) is 11.1 Å². The number of halogens is 3. The van der Waals surface area contributed by atoms with Gasteiger partial charge in [-0.1, -0.05) is 18.2 Å². The Hall–Kier alpha value is -1.07. The van der Waals surface area contributed by atoms with Gasteiger partial charge in [0.2, 0.25) is 0 Å². The lowest BCUT2D eigenvalue weighted by Crippen LogP contribution is -2.23. The van der Waals surface area contributed by atoms with Gasteiger partial charge in [0, 0.05) is 13.0 Å². The summed E-state index contributed by atoms with van der Waals surface area (Å²) in [5.41, 5.74) is 4.51. The van der Waals surface area contributed by atoms with E-state index >= 15 is 0 Å². The second-order valence-electron chi connectivity index (χ2n) is 3.25. The Labute approximate surface area is 85.5 Å². The molecule has 1 atom stereocenters. The van der Waals surface area contributed by atoms with Crippen LogP contribution >= 0.6 is 0 Å². The summed E-state index contributed by atoms with van der Waals surface area (Å²) in [6.45, 7) is -0.0494. The summed E-state index contributed by atoms with van der Waals surface area (Å²) in [5.74, 6) is 0. The van der Waals surface area contributed by atoms with E-state index in [1.165, 1.54) is 18.2 Å². The lowest BCUT2D eigenvalue weighted by atomic mass is 10.0. The fraction of sp³-hybridized carbons (Fsp3) is 0.400. The van der Waals surface area contributed by atoms with Gasteiger partial charge in [0.15, 0.2) is 0 Å². The van der Waals surface area contributed by atoms with Gasteiger partial charge in [0.1, 0.15) is 0 Å². The average molecular weight is 219 g/mol. The molecule has 0 fully saturated rings. The quantitative estimate of drug-likeness (QED) is 0.810. The van der Waals surface area contributed by atoms with Crippen molar-refractivity contribution in [2.45, 2.75) is 18.7 Å². The van der Waals surface area contributed by atoms with Crippen LogP contribution in [0.2, 0.25) is 0 Å². The van der Waals surface area contributed by atoms with Gasteiger partial charge in [0.25, 0.3) is 0 Å². The van der Waals surface area contributed by atoms with E-state index in [4.69, 9.17) is 5.73 Å². The van der Waals surface area contributed by atoms with Gasteiger partial charge in [-0.15, -0.1) is 0 Å². The second-order valence-corrected chi connectivity index (χ2v) is 3.25. The van der Waals surface area contributed by atoms with Crippen molar-refractivity contribution in [3.63, 3.8) is 0 Å². The number of alkyl halides is 3. The van der Waals surface area contributed by atoms with Crippen LogP contribution in [0.5, 0.6) is 0 Å². The third-order valence-electron chi connectivity index (χ3n) is 2.05. The summed E-state index contributed by atoms with van der Waals surface area (Å²) < 4.78 is 37.5. The third-order valence-corrected chi connectivity index (χ3v) is 2.05. The predicted octanol–water partition coefficient (Wildman–Crippen LogP) is 1.57. The van der Waals surface area contributed by atoms with Crippen molar-refractivity contribution in [1.82, 2.24) is 0 Å². The van der Waals surface area contributed by atoms with Crippen LogP contribution in [0.4, 0.5) is 13.2 Å². The molecule has 5 heteroatoms. The standard InChI is InChI=1S/C10H12F3NO/c11-10(12,13)9-4-2-1-3-7(9)5-8(15)6-14/h1-4,8,15H,5-6,14H2. The highest BCUT2D eigenvalue weighted by Gasteiger charge is 2.33. The molecule has 0 aromatic heterocycles. The third kappa shape index (κ3) is 3.21. The van der Waals surface area contributed by atoms with Crippen molar-refractivity contribution in [3.8, 4) is 0 Å². The molecule has 1 aromatic carbocycles. The Balaban J connectivity index is 2.97. The number of aliphatic hydroxyl groups is 1. The van der Waals surface area contributed by atoms with Gasteiger partial charge < -0.3 is 10.8 Å². The molecule has 1 aromatic rings. The van der Waals surface area contributed by atoms with Crippen LogP contribution in [-0.4, -0.2) is 17.8 Å². The lowest BCUT2D eigenvalue weighted by molar-refractivity contribution is -0.138. The summed E-state index contributed by atoms with van der Waals surface area (Å²) >= 11 is 0. The smallest absolute Gasteiger partial charge is 0.391 e. The summed E-state index contributed by atoms with van der Waals surface area (Å²) in [7, 11) is 0. The maximum absolute atomic E-state index is 12.5. The summed E-state index contributed by atoms with van der Waals surface area (Å²) in [6, 6.07) is 5.18. The zero-order chi connectivity index (χ0) is 11.5. The molecule has 0 heterocycles. The van der Waals surface area contributed by atoms with E-state index in [0.717, 1.165) is 6.07 Å². The molecule has 0 aliphatic rings. The fourth-order valence-corrected chi connectivity index (χ4v) is 1.31. The first-order valence-corrected chi connectivity index (χ1v) is 4.48. The molecular weight excluding hydrogens is 207 g/mol. The first-order valence-electron chi connectivity index (χ1n) is 4.48. The van der Waals surface area contributed by atoms with Crippen molar-refractivity contribution in [2.75, 3.05) is 6.54 Å². The van der Waals surface area contributed by atoms with Gasteiger partial charge in [-0.3, -0.25) is 0 Å². The highest BCUT2D eigenvalue weighted by Crippen LogP contribution is 2.32. The topological polar surface area (TPSA) is 46.2 Å². The van der Waals surface area contributed by atoms with E-state index in [2.05, 4.69) is 0 Å². The maximum Gasteiger partial charge on any atom is 0.416 e. The zero-order valence-electron chi connectivity index (χ0n) is 7.96. The number of rotatable bonds is 3. The zero-order valence-corrected chi connectivity index (χ0v) is 7.96. The van der Waals surface area contributed by atoms with E-state index in [1.54, 1.807) is 0 Å². The van der Waals surface area contributed by atoms with Crippen LogP contribution in [0, 0.1) is 0 Å². The molecule has 2 nitrogen and oxygen atoms in total. The summed E-state index contributed by atoms with van der Waals surface area (Å²) in [5, 5.41) is 9.21. The first kappa shape index (κ1) is 12.0. The molecule has 1 rings (SSSR count). The Morgan fingerprint density at radius 3 is 2.40 bits per heavy atom. The molecule has 0 amide bonds. The SMILES string of the molecule is NCC(O)Cc1ccccc1C(F)(F)F. The molecule has 0 saturated heterocycles. The molecule has 84 valence electrons. The molecule has 15 heavy (non-hydrogen) atoms. The van der Waals surface area contributed by atoms with Crippen LogP contribution < -0.4 is 5.73 Å². The van der Waals surface area contributed by atoms with Gasteiger partial charge >= 0.3 is 6.18 Å². The van der Waals surface area contributed by atoms with Crippen molar-refractivity contribution >= 4 is 0 Å². The molecule has 0 bridgehead atoms. The van der Waals surface area contributed by atoms with Gasteiger partial charge in [-0.25, -0.2) is 0 Å². The number of benzene rings is 1. The maximum atomic E-state index is 12.5. The molecular formula is C10H12F3NO. The lowest BCUT2D eigenvalue weighted by Gasteiger charge is -2.14. The Morgan fingerprint density at radius 2 is 1.87 bits per heavy atom. The Bertz CT molecular complexity index is 325. The van der Waals surface area contributed by atoms with Crippen LogP contribution in [0.15, 0.2) is 24.3 Å². The monoisotopic (exact) mass is 219 g/mol. The minimum Gasteiger partial charge on any atom is -0.391 e. The van der Waals surface area contributed by atoms with E-state index < -0.39 is 17.8 Å². The predicted molar refractivity (Wildman–Crippen MR) is 50.2 cm³/mol. The highest BCUT2D eigenvalue weighted by molar-refractivity contribution is 5.30. The highest BCUT2D eigenvalue weighted by atomic mass is 19.4. The molecule has 0 saturated carbocycles. The van der Waals surface area contributed by atoms with Crippen LogP contribution in [0.25, 0.3) is 0 Å². The van der Waals surface area contributed by atoms with Crippen LogP contribution in [-0.2, 0) is 12.6 Å². The number of aliphatic hydroxyl groups excluding tert-OH is 1. The van der Waals surface area contributed by atoms with E-state index in [1.807, 2.05) is 0 Å². The van der Waals surface area contributed by atoms with Gasteiger partial charge in [0.05, 0.1) is 11.7 Å². The van der Waals surface area contributed by atoms with Crippen LogP contribution in [0.3, 0.4) is 0 Å². The van der Waals surface area contributed by atoms with Crippen molar-refractivity contribution in [2.24, 2.45) is 5.73 Å². The van der Waals surface area contributed by atoms with Gasteiger partial charge in [-0.2, -0.15) is 13.2 Å². The molecule has 1 unspecified atom stereocenters. The van der Waals surface area contributed by atoms with E-state index in [0.29, 0.717) is 0 Å². The van der Waals surface area contributed by atoms with E-state index in [-0.39, 0.29) is 18.5 Å². The number of hydrogen-bond donors (Lipinski definition) is 2. The first-order chi connectivity index (χ1) is 6.95. The van der Waals surface area contributed by atoms with Crippen molar-refractivity contribution in [1.29, 1.82) is 0 Å². The fourth-order valence-electron chi connectivity index (χ4n) is 1.31. The molecule has 0 radical (unpaired) electrons. The molecule has 0 aliphatic heterocycles. The number of hydrogen-bond acceptors (Lipinski definition) is 2. The molecule has 0 spiro atoms. The normalized spacial score (nSPS) is 13.9. The summed E-state index contributed by atoms with van der Waals surface area (Å²) in [4.78, 5) is 0. The second kappa shape index (κ2) is 4.63. The van der Waals surface area contributed by atoms with Gasteiger partial charge in [-0.05, 0) is 11.6 Å². The van der Waals surface area contributed by atoms with E-state index in [9.17, 15) is 18.3 Å².